The first kappa shape index (κ1) is 21.4. The van der Waals surface area contributed by atoms with Crippen molar-refractivity contribution in [3.05, 3.63) is 62.2 Å². The number of alkyl halides is 1. The van der Waals surface area contributed by atoms with Crippen molar-refractivity contribution in [2.45, 2.75) is 13.3 Å². The van der Waals surface area contributed by atoms with Gasteiger partial charge in [0.1, 0.15) is 19.0 Å². The van der Waals surface area contributed by atoms with Gasteiger partial charge in [-0.3, -0.25) is 20.2 Å². The minimum absolute atomic E-state index is 0.0181. The van der Waals surface area contributed by atoms with E-state index >= 15 is 0 Å². The van der Waals surface area contributed by atoms with E-state index in [0.717, 1.165) is 17.3 Å². The summed E-state index contributed by atoms with van der Waals surface area (Å²) >= 11 is 3.30. The van der Waals surface area contributed by atoms with E-state index in [1.807, 2.05) is 0 Å². The smallest absolute Gasteiger partial charge is 0.311 e. The molecule has 0 spiro atoms. The Balaban J connectivity index is 2.00. The highest BCUT2D eigenvalue weighted by molar-refractivity contribution is 9.09. The third-order valence-corrected chi connectivity index (χ3v) is 4.15. The largest absolute Gasteiger partial charge is 0.493 e. The van der Waals surface area contributed by atoms with Gasteiger partial charge in [-0.1, -0.05) is 22.0 Å². The number of nitrogens with zero attached hydrogens (tertiary/aromatic N) is 2. The molecule has 150 valence electrons. The standard InChI is InChI=1S/C18H19BrN2O7/c1-13-3-6-17(16(11-13)21(24)25)27-9-10-28-18-12-14(26-8-2-7-19)4-5-15(18)20(22)23/h3-6,11-12H,2,7-10H2,1H3. The number of hydrogen-bond donors (Lipinski definition) is 0. The van der Waals surface area contributed by atoms with Gasteiger partial charge >= 0.3 is 11.4 Å². The monoisotopic (exact) mass is 454 g/mol. The molecule has 0 aliphatic carbocycles. The summed E-state index contributed by atoms with van der Waals surface area (Å²) in [4.78, 5) is 21.2. The van der Waals surface area contributed by atoms with Crippen molar-refractivity contribution in [2.75, 3.05) is 25.2 Å². The Morgan fingerprint density at radius 2 is 1.54 bits per heavy atom. The molecule has 0 aliphatic rings. The Morgan fingerprint density at radius 1 is 0.857 bits per heavy atom. The molecule has 28 heavy (non-hydrogen) atoms. The number of aryl methyl sites for hydroxylation is 1. The molecule has 2 aromatic rings. The number of rotatable bonds is 11. The summed E-state index contributed by atoms with van der Waals surface area (Å²) in [7, 11) is 0. The zero-order valence-corrected chi connectivity index (χ0v) is 16.7. The molecule has 0 saturated heterocycles. The van der Waals surface area contributed by atoms with E-state index in [4.69, 9.17) is 14.2 Å². The third kappa shape index (κ3) is 6.08. The van der Waals surface area contributed by atoms with Gasteiger partial charge in [0.05, 0.1) is 16.5 Å². The zero-order valence-electron chi connectivity index (χ0n) is 15.1. The molecular formula is C18H19BrN2O7. The van der Waals surface area contributed by atoms with Crippen LogP contribution in [0, 0.1) is 27.2 Å². The van der Waals surface area contributed by atoms with Crippen molar-refractivity contribution >= 4 is 27.3 Å². The molecule has 10 heteroatoms. The van der Waals surface area contributed by atoms with Crippen LogP contribution in [0.2, 0.25) is 0 Å². The van der Waals surface area contributed by atoms with Crippen LogP contribution in [-0.4, -0.2) is 35.0 Å². The zero-order chi connectivity index (χ0) is 20.5. The molecular weight excluding hydrogens is 436 g/mol. The van der Waals surface area contributed by atoms with Crippen LogP contribution in [0.15, 0.2) is 36.4 Å². The minimum atomic E-state index is -0.552. The van der Waals surface area contributed by atoms with Crippen molar-refractivity contribution in [1.29, 1.82) is 0 Å². The van der Waals surface area contributed by atoms with E-state index in [0.29, 0.717) is 12.4 Å². The van der Waals surface area contributed by atoms with Crippen LogP contribution < -0.4 is 14.2 Å². The van der Waals surface area contributed by atoms with Crippen LogP contribution in [0.4, 0.5) is 11.4 Å². The summed E-state index contributed by atoms with van der Waals surface area (Å²) < 4.78 is 16.4. The molecule has 0 aliphatic heterocycles. The first-order valence-electron chi connectivity index (χ1n) is 8.40. The highest BCUT2D eigenvalue weighted by Crippen LogP contribution is 2.32. The van der Waals surface area contributed by atoms with Crippen molar-refractivity contribution in [3.8, 4) is 17.2 Å². The van der Waals surface area contributed by atoms with Gasteiger partial charge < -0.3 is 14.2 Å². The van der Waals surface area contributed by atoms with Crippen LogP contribution in [0.1, 0.15) is 12.0 Å². The lowest BCUT2D eigenvalue weighted by molar-refractivity contribution is -0.386. The Labute approximate surface area is 169 Å². The van der Waals surface area contributed by atoms with E-state index in [2.05, 4.69) is 15.9 Å². The Hall–Kier alpha value is -2.88. The fourth-order valence-corrected chi connectivity index (χ4v) is 2.52. The van der Waals surface area contributed by atoms with Crippen LogP contribution in [0.3, 0.4) is 0 Å². The Bertz CT molecular complexity index is 845. The van der Waals surface area contributed by atoms with E-state index in [1.165, 1.54) is 30.3 Å². The Morgan fingerprint density at radius 3 is 2.18 bits per heavy atom. The molecule has 0 saturated carbocycles. The summed E-state index contributed by atoms with van der Waals surface area (Å²) in [5.74, 6) is 0.612. The molecule has 0 bridgehead atoms. The molecule has 2 rings (SSSR count). The van der Waals surface area contributed by atoms with Crippen LogP contribution in [-0.2, 0) is 0 Å². The fraction of sp³-hybridized carbons (Fsp3) is 0.333. The van der Waals surface area contributed by atoms with Crippen molar-refractivity contribution < 1.29 is 24.1 Å². The summed E-state index contributed by atoms with van der Waals surface area (Å²) in [6.45, 7) is 2.15. The molecule has 0 amide bonds. The maximum absolute atomic E-state index is 11.2. The lowest BCUT2D eigenvalue weighted by atomic mass is 10.2. The average molecular weight is 455 g/mol. The number of ether oxygens (including phenoxy) is 3. The summed E-state index contributed by atoms with van der Waals surface area (Å²) in [5.41, 5.74) is 0.393. The molecule has 0 N–H and O–H groups in total. The lowest BCUT2D eigenvalue weighted by Gasteiger charge is -2.11. The van der Waals surface area contributed by atoms with Gasteiger partial charge in [-0.2, -0.15) is 0 Å². The van der Waals surface area contributed by atoms with Crippen LogP contribution >= 0.6 is 15.9 Å². The number of hydrogen-bond acceptors (Lipinski definition) is 7. The molecule has 0 radical (unpaired) electrons. The normalized spacial score (nSPS) is 10.4. The topological polar surface area (TPSA) is 114 Å². The van der Waals surface area contributed by atoms with Gasteiger partial charge in [0.2, 0.25) is 5.75 Å². The second-order valence-electron chi connectivity index (χ2n) is 5.70. The predicted molar refractivity (Wildman–Crippen MR) is 106 cm³/mol. The first-order chi connectivity index (χ1) is 13.4. The van der Waals surface area contributed by atoms with Gasteiger partial charge in [0.15, 0.2) is 5.75 Å². The number of nitro benzene ring substituents is 2. The number of benzene rings is 2. The van der Waals surface area contributed by atoms with Crippen molar-refractivity contribution in [2.24, 2.45) is 0 Å². The van der Waals surface area contributed by atoms with Gasteiger partial charge in [0, 0.05) is 23.5 Å². The van der Waals surface area contributed by atoms with Gasteiger partial charge in [0.25, 0.3) is 0 Å². The molecule has 0 unspecified atom stereocenters. The number of halogens is 1. The molecule has 0 fully saturated rings. The van der Waals surface area contributed by atoms with Gasteiger partial charge in [-0.15, -0.1) is 0 Å². The van der Waals surface area contributed by atoms with Crippen molar-refractivity contribution in [1.82, 2.24) is 0 Å². The van der Waals surface area contributed by atoms with E-state index in [9.17, 15) is 20.2 Å². The maximum Gasteiger partial charge on any atom is 0.311 e. The Kier molecular flexibility index (Phi) is 8.00. The summed E-state index contributed by atoms with van der Waals surface area (Å²) in [6.07, 6.45) is 0.788. The first-order valence-corrected chi connectivity index (χ1v) is 9.52. The van der Waals surface area contributed by atoms with Crippen LogP contribution in [0.25, 0.3) is 0 Å². The molecule has 0 aromatic heterocycles. The summed E-state index contributed by atoms with van der Waals surface area (Å²) in [6, 6.07) is 8.88. The van der Waals surface area contributed by atoms with E-state index < -0.39 is 9.85 Å². The van der Waals surface area contributed by atoms with Gasteiger partial charge in [-0.25, -0.2) is 0 Å². The molecule has 9 nitrogen and oxygen atoms in total. The fourth-order valence-electron chi connectivity index (χ4n) is 2.29. The van der Waals surface area contributed by atoms with Crippen LogP contribution in [0.5, 0.6) is 17.2 Å². The molecule has 0 atom stereocenters. The highest BCUT2D eigenvalue weighted by Gasteiger charge is 2.18. The quantitative estimate of drug-likeness (QED) is 0.213. The van der Waals surface area contributed by atoms with E-state index in [1.54, 1.807) is 13.0 Å². The lowest BCUT2D eigenvalue weighted by Crippen LogP contribution is -2.11. The SMILES string of the molecule is Cc1ccc(OCCOc2cc(OCCCBr)ccc2[N+](=O)[O-])c([N+](=O)[O-])c1. The minimum Gasteiger partial charge on any atom is -0.493 e. The second kappa shape index (κ2) is 10.5. The number of nitro groups is 2. The van der Waals surface area contributed by atoms with Crippen molar-refractivity contribution in [3.63, 3.8) is 0 Å². The molecule has 2 aromatic carbocycles. The maximum atomic E-state index is 11.2. The molecule has 0 heterocycles. The summed E-state index contributed by atoms with van der Waals surface area (Å²) in [5, 5.41) is 23.1. The predicted octanol–water partition coefficient (Wildman–Crippen LogP) is 4.43. The second-order valence-corrected chi connectivity index (χ2v) is 6.50. The third-order valence-electron chi connectivity index (χ3n) is 3.58. The highest BCUT2D eigenvalue weighted by atomic mass is 79.9. The van der Waals surface area contributed by atoms with Gasteiger partial charge in [-0.05, 0) is 31.0 Å². The van der Waals surface area contributed by atoms with E-state index in [-0.39, 0.29) is 36.1 Å². The average Bonchev–Trinajstić information content (AvgIpc) is 2.66.